The summed E-state index contributed by atoms with van der Waals surface area (Å²) in [6.07, 6.45) is 0. The van der Waals surface area contributed by atoms with E-state index in [4.69, 9.17) is 10.5 Å². The van der Waals surface area contributed by atoms with Crippen LogP contribution in [0.4, 0.5) is 5.69 Å². The fraction of sp³-hybridized carbons (Fsp3) is 0.105. The van der Waals surface area contributed by atoms with Gasteiger partial charge in [-0.1, -0.05) is 30.3 Å². The van der Waals surface area contributed by atoms with Crippen molar-refractivity contribution in [1.82, 2.24) is 10.3 Å². The number of carbonyl (C=O) groups excluding carboxylic acids is 1. The molecule has 0 spiro atoms. The minimum Gasteiger partial charge on any atom is -0.497 e. The number of anilines is 1. The summed E-state index contributed by atoms with van der Waals surface area (Å²) in [6, 6.07) is 18.8. The highest BCUT2D eigenvalue weighted by atomic mass is 16.5. The predicted molar refractivity (Wildman–Crippen MR) is 94.8 cm³/mol. The van der Waals surface area contributed by atoms with Gasteiger partial charge in [0.15, 0.2) is 0 Å². The molecule has 24 heavy (non-hydrogen) atoms. The van der Waals surface area contributed by atoms with Gasteiger partial charge in [-0.2, -0.15) is 0 Å². The second-order valence-electron chi connectivity index (χ2n) is 5.41. The number of ether oxygens (including phenoxy) is 1. The lowest BCUT2D eigenvalue weighted by Crippen LogP contribution is -2.23. The molecule has 0 bridgehead atoms. The van der Waals surface area contributed by atoms with Crippen LogP contribution in [-0.2, 0) is 6.54 Å². The van der Waals surface area contributed by atoms with E-state index in [1.54, 1.807) is 25.3 Å². The number of nitrogens with one attached hydrogen (secondary N) is 2. The van der Waals surface area contributed by atoms with Crippen LogP contribution in [0.1, 0.15) is 16.1 Å². The van der Waals surface area contributed by atoms with Gasteiger partial charge >= 0.3 is 0 Å². The molecule has 0 saturated heterocycles. The number of aromatic nitrogens is 1. The molecule has 0 fully saturated rings. The van der Waals surface area contributed by atoms with E-state index in [1.165, 1.54) is 0 Å². The summed E-state index contributed by atoms with van der Waals surface area (Å²) in [6.45, 7) is 0.481. The molecule has 4 N–H and O–H groups in total. The van der Waals surface area contributed by atoms with Gasteiger partial charge in [-0.3, -0.25) is 4.79 Å². The van der Waals surface area contributed by atoms with Crippen molar-refractivity contribution in [1.29, 1.82) is 0 Å². The van der Waals surface area contributed by atoms with Crippen molar-refractivity contribution in [3.63, 3.8) is 0 Å². The molecule has 0 radical (unpaired) electrons. The topological polar surface area (TPSA) is 80.1 Å². The summed E-state index contributed by atoms with van der Waals surface area (Å²) >= 11 is 0. The number of hydrogen-bond acceptors (Lipinski definition) is 3. The standard InChI is InChI=1S/C19H19N3O2/c1-24-14-7-8-16(20)15(11-14)17-9-10-18(22-17)19(23)21-12-13-5-3-2-4-6-13/h2-11,22H,12,20H2,1H3,(H,21,23). The van der Waals surface area contributed by atoms with E-state index in [0.717, 1.165) is 16.8 Å². The van der Waals surface area contributed by atoms with Crippen LogP contribution >= 0.6 is 0 Å². The molecule has 5 nitrogen and oxygen atoms in total. The predicted octanol–water partition coefficient (Wildman–Crippen LogP) is 3.20. The molecule has 122 valence electrons. The smallest absolute Gasteiger partial charge is 0.267 e. The van der Waals surface area contributed by atoms with Gasteiger partial charge < -0.3 is 20.8 Å². The molecule has 5 heteroatoms. The normalized spacial score (nSPS) is 10.4. The maximum atomic E-state index is 12.3. The summed E-state index contributed by atoms with van der Waals surface area (Å²) in [4.78, 5) is 15.4. The van der Waals surface area contributed by atoms with E-state index >= 15 is 0 Å². The Bertz CT molecular complexity index is 841. The van der Waals surface area contributed by atoms with Gasteiger partial charge in [-0.15, -0.1) is 0 Å². The van der Waals surface area contributed by atoms with Crippen molar-refractivity contribution in [2.24, 2.45) is 0 Å². The van der Waals surface area contributed by atoms with Gasteiger partial charge in [-0.25, -0.2) is 0 Å². The van der Waals surface area contributed by atoms with Crippen LogP contribution in [0.2, 0.25) is 0 Å². The minimum atomic E-state index is -0.161. The number of nitrogen functional groups attached to an aromatic ring is 1. The molecule has 1 amide bonds. The van der Waals surface area contributed by atoms with E-state index in [1.807, 2.05) is 42.5 Å². The van der Waals surface area contributed by atoms with Crippen LogP contribution in [0, 0.1) is 0 Å². The van der Waals surface area contributed by atoms with Crippen LogP contribution in [-0.4, -0.2) is 18.0 Å². The maximum Gasteiger partial charge on any atom is 0.267 e. The number of benzene rings is 2. The van der Waals surface area contributed by atoms with Crippen molar-refractivity contribution >= 4 is 11.6 Å². The number of carbonyl (C=O) groups is 1. The van der Waals surface area contributed by atoms with Crippen LogP contribution in [0.25, 0.3) is 11.3 Å². The number of rotatable bonds is 5. The minimum absolute atomic E-state index is 0.161. The Morgan fingerprint density at radius 2 is 1.92 bits per heavy atom. The Balaban J connectivity index is 1.74. The van der Waals surface area contributed by atoms with E-state index in [9.17, 15) is 4.79 Å². The Morgan fingerprint density at radius 3 is 2.67 bits per heavy atom. The molecule has 0 atom stereocenters. The second kappa shape index (κ2) is 6.91. The van der Waals surface area contributed by atoms with E-state index < -0.39 is 0 Å². The first-order valence-electron chi connectivity index (χ1n) is 7.62. The lowest BCUT2D eigenvalue weighted by atomic mass is 10.1. The molecule has 0 unspecified atom stereocenters. The van der Waals surface area contributed by atoms with Crippen LogP contribution in [0.3, 0.4) is 0 Å². The van der Waals surface area contributed by atoms with Crippen molar-refractivity contribution < 1.29 is 9.53 Å². The fourth-order valence-electron chi connectivity index (χ4n) is 2.45. The van der Waals surface area contributed by atoms with E-state index in [0.29, 0.717) is 23.7 Å². The lowest BCUT2D eigenvalue weighted by molar-refractivity contribution is 0.0946. The Kier molecular flexibility index (Phi) is 4.52. The molecule has 0 saturated carbocycles. The van der Waals surface area contributed by atoms with E-state index in [2.05, 4.69) is 10.3 Å². The van der Waals surface area contributed by atoms with Gasteiger partial charge in [0.25, 0.3) is 5.91 Å². The van der Waals surface area contributed by atoms with Gasteiger partial charge in [0, 0.05) is 23.5 Å². The lowest BCUT2D eigenvalue weighted by Gasteiger charge is -2.07. The molecule has 0 aliphatic carbocycles. The molecule has 0 aliphatic rings. The largest absolute Gasteiger partial charge is 0.497 e. The van der Waals surface area contributed by atoms with Gasteiger partial charge in [0.05, 0.1) is 7.11 Å². The van der Waals surface area contributed by atoms with Crippen molar-refractivity contribution in [3.05, 3.63) is 71.9 Å². The van der Waals surface area contributed by atoms with Crippen molar-refractivity contribution in [2.45, 2.75) is 6.54 Å². The zero-order valence-corrected chi connectivity index (χ0v) is 13.4. The fourth-order valence-corrected chi connectivity index (χ4v) is 2.45. The Labute approximate surface area is 140 Å². The summed E-state index contributed by atoms with van der Waals surface area (Å²) < 4.78 is 5.22. The van der Waals surface area contributed by atoms with Crippen LogP contribution in [0.5, 0.6) is 5.75 Å². The summed E-state index contributed by atoms with van der Waals surface area (Å²) in [5.74, 6) is 0.551. The number of amides is 1. The summed E-state index contributed by atoms with van der Waals surface area (Å²) in [7, 11) is 1.60. The summed E-state index contributed by atoms with van der Waals surface area (Å²) in [5, 5.41) is 2.89. The molecule has 1 heterocycles. The Hall–Kier alpha value is -3.21. The molecular formula is C19H19N3O2. The molecule has 3 rings (SSSR count). The average Bonchev–Trinajstić information content (AvgIpc) is 3.11. The third kappa shape index (κ3) is 3.41. The number of nitrogens with two attached hydrogens (primary N) is 1. The van der Waals surface area contributed by atoms with Crippen molar-refractivity contribution in [2.75, 3.05) is 12.8 Å². The highest BCUT2D eigenvalue weighted by Gasteiger charge is 2.11. The average molecular weight is 321 g/mol. The first-order valence-corrected chi connectivity index (χ1v) is 7.62. The first-order chi connectivity index (χ1) is 11.7. The molecule has 2 aromatic carbocycles. The molecular weight excluding hydrogens is 302 g/mol. The number of methoxy groups -OCH3 is 1. The molecule has 3 aromatic rings. The Morgan fingerprint density at radius 1 is 1.12 bits per heavy atom. The molecule has 1 aromatic heterocycles. The second-order valence-corrected chi connectivity index (χ2v) is 5.41. The van der Waals surface area contributed by atoms with Crippen LogP contribution < -0.4 is 15.8 Å². The molecule has 0 aliphatic heterocycles. The zero-order valence-electron chi connectivity index (χ0n) is 13.4. The maximum absolute atomic E-state index is 12.3. The highest BCUT2D eigenvalue weighted by molar-refractivity contribution is 5.93. The highest BCUT2D eigenvalue weighted by Crippen LogP contribution is 2.29. The number of hydrogen-bond donors (Lipinski definition) is 3. The monoisotopic (exact) mass is 321 g/mol. The third-order valence-electron chi connectivity index (χ3n) is 3.78. The first kappa shape index (κ1) is 15.7. The summed E-state index contributed by atoms with van der Waals surface area (Å²) in [5.41, 5.74) is 9.76. The van der Waals surface area contributed by atoms with Crippen molar-refractivity contribution in [3.8, 4) is 17.0 Å². The number of aromatic amines is 1. The van der Waals surface area contributed by atoms with Gasteiger partial charge in [0.1, 0.15) is 11.4 Å². The van der Waals surface area contributed by atoms with Gasteiger partial charge in [0.2, 0.25) is 0 Å². The van der Waals surface area contributed by atoms with E-state index in [-0.39, 0.29) is 5.91 Å². The SMILES string of the molecule is COc1ccc(N)c(-c2ccc(C(=O)NCc3ccccc3)[nH]2)c1. The quantitative estimate of drug-likeness (QED) is 0.631. The third-order valence-corrected chi connectivity index (χ3v) is 3.78. The zero-order chi connectivity index (χ0) is 16.9. The number of H-pyrrole nitrogens is 1. The van der Waals surface area contributed by atoms with Crippen LogP contribution in [0.15, 0.2) is 60.7 Å². The van der Waals surface area contributed by atoms with Gasteiger partial charge in [-0.05, 0) is 35.9 Å².